The van der Waals surface area contributed by atoms with Gasteiger partial charge in [0.1, 0.15) is 5.82 Å². The average Bonchev–Trinajstić information content (AvgIpc) is 3.24. The molecule has 0 saturated carbocycles. The highest BCUT2D eigenvalue weighted by molar-refractivity contribution is 6.33. The highest BCUT2D eigenvalue weighted by Crippen LogP contribution is 2.25. The first-order chi connectivity index (χ1) is 15.0. The largest absolute Gasteiger partial charge is 0.366 e. The van der Waals surface area contributed by atoms with Crippen LogP contribution in [0.4, 0.5) is 5.82 Å². The van der Waals surface area contributed by atoms with Crippen LogP contribution in [0, 0.1) is 6.92 Å². The molecule has 3 aromatic rings. The summed E-state index contributed by atoms with van der Waals surface area (Å²) in [5.41, 5.74) is 7.77. The molecule has 1 fully saturated rings. The predicted octanol–water partition coefficient (Wildman–Crippen LogP) is 2.95. The Hall–Kier alpha value is -2.97. The maximum absolute atomic E-state index is 11.3. The number of anilines is 1. The van der Waals surface area contributed by atoms with Crippen LogP contribution in [0.25, 0.3) is 11.4 Å². The summed E-state index contributed by atoms with van der Waals surface area (Å²) in [5, 5.41) is 4.55. The number of pyridine rings is 1. The number of nitrogens with two attached hydrogens (primary N) is 1. The van der Waals surface area contributed by atoms with Crippen LogP contribution >= 0.6 is 11.6 Å². The number of rotatable bonds is 7. The highest BCUT2D eigenvalue weighted by atomic mass is 35.5. The van der Waals surface area contributed by atoms with Crippen molar-refractivity contribution in [1.82, 2.24) is 20.0 Å². The fraction of sp³-hybridized carbons (Fsp3) is 0.364. The van der Waals surface area contributed by atoms with Crippen LogP contribution in [-0.2, 0) is 6.42 Å². The van der Waals surface area contributed by atoms with Gasteiger partial charge in [0.15, 0.2) is 0 Å². The van der Waals surface area contributed by atoms with Gasteiger partial charge in [-0.2, -0.15) is 4.98 Å². The quantitative estimate of drug-likeness (QED) is 0.602. The number of carbonyl (C=O) groups is 1. The molecule has 2 aromatic heterocycles. The number of hydrogen-bond acceptors (Lipinski definition) is 7. The van der Waals surface area contributed by atoms with E-state index < -0.39 is 5.91 Å². The number of carbonyl (C=O) groups excluding carboxylic acids is 1. The van der Waals surface area contributed by atoms with Crippen LogP contribution in [0.3, 0.4) is 0 Å². The topological polar surface area (TPSA) is 101 Å². The standard InChI is InChI=1S/C22H25ClN6O2/c1-15-4-6-16(7-5-15)21-26-19(31-27-21)3-2-8-28-9-11-29(12-10-28)22-18(23)13-17(14-25-22)20(24)30/h4-7,13-14H,2-3,8-12H2,1H3,(H2,24,30). The second kappa shape index (κ2) is 9.45. The van der Waals surface area contributed by atoms with E-state index in [9.17, 15) is 4.79 Å². The van der Waals surface area contributed by atoms with Crippen LogP contribution in [0.15, 0.2) is 41.1 Å². The highest BCUT2D eigenvalue weighted by Gasteiger charge is 2.20. The molecule has 1 aliphatic heterocycles. The number of aromatic nitrogens is 3. The normalized spacial score (nSPS) is 14.7. The maximum Gasteiger partial charge on any atom is 0.250 e. The van der Waals surface area contributed by atoms with Gasteiger partial charge in [-0.15, -0.1) is 0 Å². The van der Waals surface area contributed by atoms with Crippen molar-refractivity contribution >= 4 is 23.3 Å². The SMILES string of the molecule is Cc1ccc(-c2noc(CCCN3CCN(c4ncc(C(N)=O)cc4Cl)CC3)n2)cc1. The van der Waals surface area contributed by atoms with Crippen molar-refractivity contribution in [2.75, 3.05) is 37.6 Å². The van der Waals surface area contributed by atoms with Gasteiger partial charge in [-0.1, -0.05) is 46.6 Å². The van der Waals surface area contributed by atoms with Gasteiger partial charge in [0, 0.05) is 44.4 Å². The molecule has 0 radical (unpaired) electrons. The van der Waals surface area contributed by atoms with E-state index in [2.05, 4.69) is 31.8 Å². The summed E-state index contributed by atoms with van der Waals surface area (Å²) in [6.07, 6.45) is 3.17. The zero-order valence-corrected chi connectivity index (χ0v) is 18.2. The summed E-state index contributed by atoms with van der Waals surface area (Å²) in [7, 11) is 0. The van der Waals surface area contributed by atoms with Crippen molar-refractivity contribution in [3.63, 3.8) is 0 Å². The van der Waals surface area contributed by atoms with Gasteiger partial charge in [0.25, 0.3) is 0 Å². The molecular formula is C22H25ClN6O2. The summed E-state index contributed by atoms with van der Waals surface area (Å²) >= 11 is 6.30. The molecule has 162 valence electrons. The Labute approximate surface area is 186 Å². The summed E-state index contributed by atoms with van der Waals surface area (Å²) < 4.78 is 5.41. The first kappa shape index (κ1) is 21.3. The maximum atomic E-state index is 11.3. The molecule has 0 aliphatic carbocycles. The van der Waals surface area contributed by atoms with Crippen LogP contribution < -0.4 is 10.6 Å². The fourth-order valence-electron chi connectivity index (χ4n) is 3.61. The van der Waals surface area contributed by atoms with Crippen molar-refractivity contribution in [2.45, 2.75) is 19.8 Å². The summed E-state index contributed by atoms with van der Waals surface area (Å²) in [6, 6.07) is 9.67. The van der Waals surface area contributed by atoms with Crippen LogP contribution in [0.2, 0.25) is 5.02 Å². The minimum atomic E-state index is -0.530. The Morgan fingerprint density at radius 3 is 2.61 bits per heavy atom. The predicted molar refractivity (Wildman–Crippen MR) is 119 cm³/mol. The zero-order valence-electron chi connectivity index (χ0n) is 17.4. The molecule has 0 atom stereocenters. The third kappa shape index (κ3) is 5.21. The number of amides is 1. The Bertz CT molecular complexity index is 1040. The molecule has 3 heterocycles. The molecule has 0 spiro atoms. The summed E-state index contributed by atoms with van der Waals surface area (Å²) in [6.45, 7) is 6.47. The second-order valence-electron chi connectivity index (χ2n) is 7.70. The van der Waals surface area contributed by atoms with Crippen molar-refractivity contribution in [3.8, 4) is 11.4 Å². The first-order valence-electron chi connectivity index (χ1n) is 10.3. The smallest absolute Gasteiger partial charge is 0.250 e. The molecule has 2 N–H and O–H groups in total. The van der Waals surface area contributed by atoms with E-state index in [1.165, 1.54) is 11.8 Å². The lowest BCUT2D eigenvalue weighted by molar-refractivity contribution is 0.1000. The van der Waals surface area contributed by atoms with Gasteiger partial charge in [-0.05, 0) is 26.0 Å². The Balaban J connectivity index is 1.24. The lowest BCUT2D eigenvalue weighted by atomic mass is 10.1. The molecule has 1 aromatic carbocycles. The minimum absolute atomic E-state index is 0.318. The first-order valence-corrected chi connectivity index (χ1v) is 10.7. The van der Waals surface area contributed by atoms with Crippen molar-refractivity contribution in [2.24, 2.45) is 5.73 Å². The van der Waals surface area contributed by atoms with Crippen LogP contribution in [0.5, 0.6) is 0 Å². The molecular weight excluding hydrogens is 416 g/mol. The lowest BCUT2D eigenvalue weighted by Gasteiger charge is -2.35. The Morgan fingerprint density at radius 2 is 1.94 bits per heavy atom. The molecule has 4 rings (SSSR count). The lowest BCUT2D eigenvalue weighted by Crippen LogP contribution is -2.47. The van der Waals surface area contributed by atoms with E-state index in [0.29, 0.717) is 28.1 Å². The summed E-state index contributed by atoms with van der Waals surface area (Å²) in [4.78, 5) is 24.6. The molecule has 1 amide bonds. The van der Waals surface area contributed by atoms with E-state index in [-0.39, 0.29) is 0 Å². The average molecular weight is 441 g/mol. The number of nitrogens with zero attached hydrogens (tertiary/aromatic N) is 5. The van der Waals surface area contributed by atoms with Gasteiger partial charge in [0.05, 0.1) is 10.6 Å². The third-order valence-electron chi connectivity index (χ3n) is 5.42. The number of hydrogen-bond donors (Lipinski definition) is 1. The molecule has 0 unspecified atom stereocenters. The number of aryl methyl sites for hydroxylation is 2. The van der Waals surface area contributed by atoms with Crippen LogP contribution in [0.1, 0.15) is 28.2 Å². The Kier molecular flexibility index (Phi) is 6.48. The van der Waals surface area contributed by atoms with E-state index >= 15 is 0 Å². The van der Waals surface area contributed by atoms with Gasteiger partial charge in [-0.25, -0.2) is 4.98 Å². The number of primary amides is 1. The van der Waals surface area contributed by atoms with E-state index in [1.54, 1.807) is 6.07 Å². The molecule has 9 heteroatoms. The monoisotopic (exact) mass is 440 g/mol. The van der Waals surface area contributed by atoms with Gasteiger partial charge in [0.2, 0.25) is 17.6 Å². The van der Waals surface area contributed by atoms with Crippen molar-refractivity contribution in [3.05, 3.63) is 58.6 Å². The van der Waals surface area contributed by atoms with Gasteiger partial charge < -0.3 is 15.2 Å². The van der Waals surface area contributed by atoms with E-state index in [4.69, 9.17) is 21.9 Å². The molecule has 1 saturated heterocycles. The van der Waals surface area contributed by atoms with Gasteiger partial charge >= 0.3 is 0 Å². The molecule has 8 nitrogen and oxygen atoms in total. The van der Waals surface area contributed by atoms with Gasteiger partial charge in [-0.3, -0.25) is 9.69 Å². The zero-order chi connectivity index (χ0) is 21.8. The minimum Gasteiger partial charge on any atom is -0.366 e. The van der Waals surface area contributed by atoms with E-state index in [1.807, 2.05) is 24.3 Å². The van der Waals surface area contributed by atoms with E-state index in [0.717, 1.165) is 51.1 Å². The van der Waals surface area contributed by atoms with Crippen molar-refractivity contribution in [1.29, 1.82) is 0 Å². The molecule has 1 aliphatic rings. The number of benzene rings is 1. The summed E-state index contributed by atoms with van der Waals surface area (Å²) in [5.74, 6) is 1.47. The van der Waals surface area contributed by atoms with Crippen LogP contribution in [-0.4, -0.2) is 58.7 Å². The number of halogens is 1. The Morgan fingerprint density at radius 1 is 1.19 bits per heavy atom. The molecule has 0 bridgehead atoms. The third-order valence-corrected chi connectivity index (χ3v) is 5.70. The second-order valence-corrected chi connectivity index (χ2v) is 8.11. The van der Waals surface area contributed by atoms with Crippen molar-refractivity contribution < 1.29 is 9.32 Å². The fourth-order valence-corrected chi connectivity index (χ4v) is 3.90. The molecule has 31 heavy (non-hydrogen) atoms. The number of piperazine rings is 1.